The maximum atomic E-state index is 10.2. The van der Waals surface area contributed by atoms with E-state index in [0.717, 1.165) is 13.0 Å². The highest BCUT2D eigenvalue weighted by Gasteiger charge is 2.54. The molecule has 2 saturated carbocycles. The zero-order valence-electron chi connectivity index (χ0n) is 12.7. The maximum Gasteiger partial charge on any atom is 0.0680 e. The summed E-state index contributed by atoms with van der Waals surface area (Å²) in [7, 11) is 0. The Hall–Kier alpha value is -0.0800. The van der Waals surface area contributed by atoms with Crippen LogP contribution in [-0.4, -0.2) is 23.9 Å². The Morgan fingerprint density at radius 1 is 1.00 bits per heavy atom. The minimum Gasteiger partial charge on any atom is -0.392 e. The van der Waals surface area contributed by atoms with Crippen LogP contribution in [0, 0.1) is 5.41 Å². The molecule has 1 N–H and O–H groups in total. The summed E-state index contributed by atoms with van der Waals surface area (Å²) in [6, 6.07) is 0. The summed E-state index contributed by atoms with van der Waals surface area (Å²) in [5.74, 6) is 0. The van der Waals surface area contributed by atoms with Crippen molar-refractivity contribution < 1.29 is 9.84 Å². The second-order valence-corrected chi connectivity index (χ2v) is 6.67. The van der Waals surface area contributed by atoms with Crippen LogP contribution in [0.4, 0.5) is 0 Å². The SMILES string of the molecule is CCCCCCCOC1CC(O)C12CCCCCC2. The van der Waals surface area contributed by atoms with E-state index in [1.807, 2.05) is 0 Å². The van der Waals surface area contributed by atoms with E-state index in [-0.39, 0.29) is 11.5 Å². The van der Waals surface area contributed by atoms with Gasteiger partial charge in [-0.1, -0.05) is 58.3 Å². The Kier molecular flexibility index (Phi) is 6.15. The summed E-state index contributed by atoms with van der Waals surface area (Å²) in [6.45, 7) is 3.16. The first-order chi connectivity index (χ1) is 9.29. The molecule has 0 aromatic carbocycles. The van der Waals surface area contributed by atoms with Crippen LogP contribution >= 0.6 is 0 Å². The number of hydrogen-bond acceptors (Lipinski definition) is 2. The summed E-state index contributed by atoms with van der Waals surface area (Å²) >= 11 is 0. The molecule has 2 aliphatic rings. The molecule has 0 amide bonds. The first-order valence-electron chi connectivity index (χ1n) is 8.59. The van der Waals surface area contributed by atoms with Crippen LogP contribution in [0.15, 0.2) is 0 Å². The first kappa shape index (κ1) is 15.3. The molecule has 0 heterocycles. The molecule has 0 radical (unpaired) electrons. The minimum atomic E-state index is -0.0873. The second kappa shape index (κ2) is 7.64. The van der Waals surface area contributed by atoms with Crippen LogP contribution in [0.25, 0.3) is 0 Å². The number of aliphatic hydroxyl groups excluding tert-OH is 1. The zero-order valence-corrected chi connectivity index (χ0v) is 12.7. The van der Waals surface area contributed by atoms with E-state index < -0.39 is 0 Å². The van der Waals surface area contributed by atoms with E-state index in [1.54, 1.807) is 0 Å². The Labute approximate surface area is 118 Å². The molecule has 2 unspecified atom stereocenters. The van der Waals surface area contributed by atoms with Crippen molar-refractivity contribution in [3.05, 3.63) is 0 Å². The van der Waals surface area contributed by atoms with E-state index in [2.05, 4.69) is 6.92 Å². The molecule has 112 valence electrons. The highest BCUT2D eigenvalue weighted by molar-refractivity contribution is 5.04. The van der Waals surface area contributed by atoms with Gasteiger partial charge in [-0.25, -0.2) is 0 Å². The molecule has 0 aliphatic heterocycles. The van der Waals surface area contributed by atoms with Gasteiger partial charge in [-0.05, 0) is 19.3 Å². The van der Waals surface area contributed by atoms with Crippen LogP contribution in [0.3, 0.4) is 0 Å². The summed E-state index contributed by atoms with van der Waals surface area (Å²) in [6.07, 6.45) is 15.3. The van der Waals surface area contributed by atoms with Crippen molar-refractivity contribution in [2.45, 2.75) is 96.2 Å². The van der Waals surface area contributed by atoms with Gasteiger partial charge in [-0.15, -0.1) is 0 Å². The molecule has 0 bridgehead atoms. The lowest BCUT2D eigenvalue weighted by atomic mass is 9.59. The van der Waals surface area contributed by atoms with Gasteiger partial charge in [0.2, 0.25) is 0 Å². The van der Waals surface area contributed by atoms with E-state index in [0.29, 0.717) is 6.10 Å². The quantitative estimate of drug-likeness (QED) is 0.691. The number of rotatable bonds is 7. The molecular weight excluding hydrogens is 236 g/mol. The predicted molar refractivity (Wildman–Crippen MR) is 79.3 cm³/mol. The van der Waals surface area contributed by atoms with E-state index in [1.165, 1.54) is 70.6 Å². The third-order valence-electron chi connectivity index (χ3n) is 5.34. The van der Waals surface area contributed by atoms with Crippen molar-refractivity contribution in [2.75, 3.05) is 6.61 Å². The zero-order chi connectivity index (χ0) is 13.6. The van der Waals surface area contributed by atoms with Gasteiger partial charge < -0.3 is 9.84 Å². The van der Waals surface area contributed by atoms with Gasteiger partial charge in [0.15, 0.2) is 0 Å². The smallest absolute Gasteiger partial charge is 0.0680 e. The Morgan fingerprint density at radius 3 is 2.32 bits per heavy atom. The average Bonchev–Trinajstić information content (AvgIpc) is 2.69. The van der Waals surface area contributed by atoms with Crippen LogP contribution in [0.1, 0.15) is 84.0 Å². The van der Waals surface area contributed by atoms with E-state index in [9.17, 15) is 5.11 Å². The van der Waals surface area contributed by atoms with Crippen molar-refractivity contribution in [1.82, 2.24) is 0 Å². The number of aliphatic hydroxyl groups is 1. The van der Waals surface area contributed by atoms with Gasteiger partial charge in [-0.2, -0.15) is 0 Å². The van der Waals surface area contributed by atoms with Crippen molar-refractivity contribution >= 4 is 0 Å². The molecule has 1 spiro atoms. The predicted octanol–water partition coefficient (Wildman–Crippen LogP) is 4.45. The molecule has 2 aliphatic carbocycles. The summed E-state index contributed by atoms with van der Waals surface area (Å²) < 4.78 is 6.12. The molecule has 2 atom stereocenters. The van der Waals surface area contributed by atoms with Gasteiger partial charge in [0.05, 0.1) is 12.2 Å². The van der Waals surface area contributed by atoms with Crippen molar-refractivity contribution in [2.24, 2.45) is 5.41 Å². The fraction of sp³-hybridized carbons (Fsp3) is 1.00. The molecule has 0 saturated heterocycles. The van der Waals surface area contributed by atoms with Crippen LogP contribution < -0.4 is 0 Å². The molecule has 2 rings (SSSR count). The van der Waals surface area contributed by atoms with Crippen LogP contribution in [-0.2, 0) is 4.74 Å². The Balaban J connectivity index is 1.68. The molecule has 19 heavy (non-hydrogen) atoms. The number of ether oxygens (including phenoxy) is 1. The van der Waals surface area contributed by atoms with Crippen molar-refractivity contribution in [1.29, 1.82) is 0 Å². The minimum absolute atomic E-state index is 0.0873. The lowest BCUT2D eigenvalue weighted by molar-refractivity contribution is -0.199. The highest BCUT2D eigenvalue weighted by atomic mass is 16.5. The normalized spacial score (nSPS) is 30.0. The van der Waals surface area contributed by atoms with E-state index in [4.69, 9.17) is 4.74 Å². The average molecular weight is 268 g/mol. The third-order valence-corrected chi connectivity index (χ3v) is 5.34. The highest BCUT2D eigenvalue weighted by Crippen LogP contribution is 2.52. The lowest BCUT2D eigenvalue weighted by Gasteiger charge is -2.53. The molecule has 0 aromatic heterocycles. The molecule has 0 aromatic rings. The van der Waals surface area contributed by atoms with Crippen LogP contribution in [0.2, 0.25) is 0 Å². The first-order valence-corrected chi connectivity index (χ1v) is 8.59. The van der Waals surface area contributed by atoms with Crippen molar-refractivity contribution in [3.8, 4) is 0 Å². The molecule has 2 nitrogen and oxygen atoms in total. The standard InChI is InChI=1S/C17H32O2/c1-2-3-4-7-10-13-19-16-14-15(18)17(16)11-8-5-6-9-12-17/h15-16,18H,2-14H2,1H3. The fourth-order valence-electron chi connectivity index (χ4n) is 3.93. The lowest BCUT2D eigenvalue weighted by Crippen LogP contribution is -2.58. The summed E-state index contributed by atoms with van der Waals surface area (Å²) in [5.41, 5.74) is 0.139. The van der Waals surface area contributed by atoms with Gasteiger partial charge >= 0.3 is 0 Å². The monoisotopic (exact) mass is 268 g/mol. The second-order valence-electron chi connectivity index (χ2n) is 6.67. The van der Waals surface area contributed by atoms with Crippen LogP contribution in [0.5, 0.6) is 0 Å². The van der Waals surface area contributed by atoms with Gasteiger partial charge in [0.1, 0.15) is 0 Å². The van der Waals surface area contributed by atoms with Gasteiger partial charge in [0, 0.05) is 18.4 Å². The summed E-state index contributed by atoms with van der Waals surface area (Å²) in [4.78, 5) is 0. The van der Waals surface area contributed by atoms with Gasteiger partial charge in [0.25, 0.3) is 0 Å². The summed E-state index contributed by atoms with van der Waals surface area (Å²) in [5, 5.41) is 10.2. The Bertz CT molecular complexity index is 244. The maximum absolute atomic E-state index is 10.2. The third kappa shape index (κ3) is 3.72. The van der Waals surface area contributed by atoms with Gasteiger partial charge in [-0.3, -0.25) is 0 Å². The topological polar surface area (TPSA) is 29.5 Å². The van der Waals surface area contributed by atoms with Crippen molar-refractivity contribution in [3.63, 3.8) is 0 Å². The largest absolute Gasteiger partial charge is 0.392 e. The molecule has 2 fully saturated rings. The fourth-order valence-corrected chi connectivity index (χ4v) is 3.93. The Morgan fingerprint density at radius 2 is 1.68 bits per heavy atom. The molecular formula is C17H32O2. The van der Waals surface area contributed by atoms with E-state index >= 15 is 0 Å². The molecule has 2 heteroatoms. The number of hydrogen-bond donors (Lipinski definition) is 1. The number of unbranched alkanes of at least 4 members (excludes halogenated alkanes) is 4.